The lowest BCUT2D eigenvalue weighted by Gasteiger charge is -2.19. The first kappa shape index (κ1) is 10.2. The maximum atomic E-state index is 6.03. The van der Waals surface area contributed by atoms with E-state index in [1.807, 2.05) is 38.9 Å². The highest BCUT2D eigenvalue weighted by molar-refractivity contribution is 6.32. The summed E-state index contributed by atoms with van der Waals surface area (Å²) >= 11 is 6.03. The van der Waals surface area contributed by atoms with Crippen molar-refractivity contribution in [2.75, 3.05) is 24.7 Å². The average Bonchev–Trinajstić information content (AvgIpc) is 2.07. The molecule has 13 heavy (non-hydrogen) atoms. The molecular weight excluding hydrogens is 184 g/mol. The Labute approximate surface area is 84.3 Å². The fourth-order valence-corrected chi connectivity index (χ4v) is 1.55. The number of hydrogen-bond acceptors (Lipinski definition) is 2. The topological polar surface area (TPSA) is 29.3 Å². The van der Waals surface area contributed by atoms with E-state index in [2.05, 4.69) is 0 Å². The Hall–Kier alpha value is -0.890. The van der Waals surface area contributed by atoms with Crippen molar-refractivity contribution in [1.29, 1.82) is 0 Å². The Morgan fingerprint density at radius 1 is 1.23 bits per heavy atom. The molecule has 0 aliphatic heterocycles. The zero-order valence-electron chi connectivity index (χ0n) is 8.48. The van der Waals surface area contributed by atoms with Gasteiger partial charge in [0.1, 0.15) is 0 Å². The fraction of sp³-hybridized carbons (Fsp3) is 0.400. The molecule has 0 heterocycles. The van der Waals surface area contributed by atoms with E-state index < -0.39 is 0 Å². The number of halogens is 1. The Bertz CT molecular complexity index is 332. The van der Waals surface area contributed by atoms with Gasteiger partial charge in [-0.25, -0.2) is 0 Å². The van der Waals surface area contributed by atoms with Crippen LogP contribution < -0.4 is 10.6 Å². The van der Waals surface area contributed by atoms with Crippen LogP contribution >= 0.6 is 11.6 Å². The van der Waals surface area contributed by atoms with Crippen molar-refractivity contribution >= 4 is 23.0 Å². The lowest BCUT2D eigenvalue weighted by Crippen LogP contribution is -2.12. The highest BCUT2D eigenvalue weighted by Gasteiger charge is 2.09. The molecule has 0 unspecified atom stereocenters. The molecule has 0 bridgehead atoms. The first-order chi connectivity index (χ1) is 5.95. The fourth-order valence-electron chi connectivity index (χ4n) is 1.35. The van der Waals surface area contributed by atoms with Gasteiger partial charge in [-0.2, -0.15) is 0 Å². The van der Waals surface area contributed by atoms with Crippen molar-refractivity contribution < 1.29 is 0 Å². The van der Waals surface area contributed by atoms with Gasteiger partial charge in [-0.3, -0.25) is 0 Å². The second-order valence-corrected chi connectivity index (χ2v) is 3.84. The summed E-state index contributed by atoms with van der Waals surface area (Å²) in [6.45, 7) is 3.94. The van der Waals surface area contributed by atoms with Gasteiger partial charge >= 0.3 is 0 Å². The highest BCUT2D eigenvalue weighted by atomic mass is 35.5. The number of nitrogens with zero attached hydrogens (tertiary/aromatic N) is 1. The largest absolute Gasteiger partial charge is 0.398 e. The first-order valence-electron chi connectivity index (χ1n) is 4.17. The summed E-state index contributed by atoms with van der Waals surface area (Å²) in [5.41, 5.74) is 9.83. The number of hydrogen-bond donors (Lipinski definition) is 1. The van der Waals surface area contributed by atoms with Crippen molar-refractivity contribution in [2.24, 2.45) is 0 Å². The molecule has 0 saturated heterocycles. The molecule has 0 spiro atoms. The second kappa shape index (κ2) is 3.46. The van der Waals surface area contributed by atoms with Gasteiger partial charge < -0.3 is 10.6 Å². The molecular formula is C10H15ClN2. The molecule has 0 amide bonds. The number of benzene rings is 1. The average molecular weight is 199 g/mol. The van der Waals surface area contributed by atoms with E-state index in [1.54, 1.807) is 0 Å². The molecule has 0 aliphatic rings. The third kappa shape index (κ3) is 1.73. The first-order valence-corrected chi connectivity index (χ1v) is 4.55. The predicted octanol–water partition coefficient (Wildman–Crippen LogP) is 2.61. The lowest BCUT2D eigenvalue weighted by atomic mass is 10.1. The zero-order valence-corrected chi connectivity index (χ0v) is 9.24. The quantitative estimate of drug-likeness (QED) is 0.703. The van der Waals surface area contributed by atoms with Crippen LogP contribution in [0.2, 0.25) is 5.02 Å². The smallest absolute Gasteiger partial charge is 0.0476 e. The number of anilines is 2. The molecule has 0 aromatic heterocycles. The SMILES string of the molecule is Cc1c(Cl)cc(N(C)C)c(C)c1N. The van der Waals surface area contributed by atoms with Crippen LogP contribution in [0.1, 0.15) is 11.1 Å². The monoisotopic (exact) mass is 198 g/mol. The number of nitrogen functional groups attached to an aromatic ring is 1. The van der Waals surface area contributed by atoms with Crippen molar-refractivity contribution in [1.82, 2.24) is 0 Å². The van der Waals surface area contributed by atoms with Crippen LogP contribution in [0, 0.1) is 13.8 Å². The summed E-state index contributed by atoms with van der Waals surface area (Å²) in [7, 11) is 3.96. The van der Waals surface area contributed by atoms with Gasteiger partial charge in [0.15, 0.2) is 0 Å². The minimum absolute atomic E-state index is 0.729. The molecule has 1 aromatic rings. The molecule has 0 fully saturated rings. The summed E-state index contributed by atoms with van der Waals surface area (Å²) in [6.07, 6.45) is 0. The third-order valence-electron chi connectivity index (χ3n) is 2.30. The van der Waals surface area contributed by atoms with E-state index in [4.69, 9.17) is 17.3 Å². The van der Waals surface area contributed by atoms with Crippen LogP contribution in [0.15, 0.2) is 6.07 Å². The van der Waals surface area contributed by atoms with Gasteiger partial charge in [-0.1, -0.05) is 11.6 Å². The summed E-state index contributed by atoms with van der Waals surface area (Å²) in [4.78, 5) is 2.01. The minimum atomic E-state index is 0.729. The standard InChI is InChI=1S/C10H15ClN2/c1-6-8(11)5-9(13(3)4)7(2)10(6)12/h5H,12H2,1-4H3. The van der Waals surface area contributed by atoms with Crippen molar-refractivity contribution in [2.45, 2.75) is 13.8 Å². The van der Waals surface area contributed by atoms with Crippen LogP contribution in [0.4, 0.5) is 11.4 Å². The van der Waals surface area contributed by atoms with Gasteiger partial charge in [0.05, 0.1) is 0 Å². The van der Waals surface area contributed by atoms with E-state index in [0.29, 0.717) is 0 Å². The van der Waals surface area contributed by atoms with Gasteiger partial charge in [-0.15, -0.1) is 0 Å². The van der Waals surface area contributed by atoms with Crippen LogP contribution in [0.25, 0.3) is 0 Å². The Morgan fingerprint density at radius 2 is 1.77 bits per heavy atom. The van der Waals surface area contributed by atoms with Crippen LogP contribution in [-0.2, 0) is 0 Å². The van der Waals surface area contributed by atoms with Gasteiger partial charge in [0.25, 0.3) is 0 Å². The van der Waals surface area contributed by atoms with Crippen LogP contribution in [-0.4, -0.2) is 14.1 Å². The highest BCUT2D eigenvalue weighted by Crippen LogP contribution is 2.32. The van der Waals surface area contributed by atoms with Gasteiger partial charge in [0, 0.05) is 30.5 Å². The molecule has 2 N–H and O–H groups in total. The van der Waals surface area contributed by atoms with E-state index >= 15 is 0 Å². The van der Waals surface area contributed by atoms with Crippen molar-refractivity contribution in [3.05, 3.63) is 22.2 Å². The van der Waals surface area contributed by atoms with Gasteiger partial charge in [-0.05, 0) is 31.0 Å². The van der Waals surface area contributed by atoms with E-state index in [1.165, 1.54) is 0 Å². The summed E-state index contributed by atoms with van der Waals surface area (Å²) in [5, 5.41) is 0.729. The normalized spacial score (nSPS) is 10.2. The number of rotatable bonds is 1. The molecule has 3 heteroatoms. The maximum absolute atomic E-state index is 6.03. The molecule has 1 aromatic carbocycles. The lowest BCUT2D eigenvalue weighted by molar-refractivity contribution is 1.11. The maximum Gasteiger partial charge on any atom is 0.0476 e. The summed E-state index contributed by atoms with van der Waals surface area (Å²) in [6, 6.07) is 1.95. The Balaban J connectivity index is 3.41. The van der Waals surface area contributed by atoms with Crippen molar-refractivity contribution in [3.63, 3.8) is 0 Å². The molecule has 0 aliphatic carbocycles. The number of nitrogens with two attached hydrogens (primary N) is 1. The molecule has 0 atom stereocenters. The predicted molar refractivity (Wildman–Crippen MR) is 59.7 cm³/mol. The van der Waals surface area contributed by atoms with E-state index in [9.17, 15) is 0 Å². The molecule has 72 valence electrons. The summed E-state index contributed by atoms with van der Waals surface area (Å²) in [5.74, 6) is 0. The second-order valence-electron chi connectivity index (χ2n) is 3.44. The molecule has 1 rings (SSSR count). The van der Waals surface area contributed by atoms with Crippen LogP contribution in [0.5, 0.6) is 0 Å². The third-order valence-corrected chi connectivity index (χ3v) is 2.69. The molecule has 2 nitrogen and oxygen atoms in total. The Kier molecular flexibility index (Phi) is 2.71. The van der Waals surface area contributed by atoms with E-state index in [0.717, 1.165) is 27.5 Å². The van der Waals surface area contributed by atoms with E-state index in [-0.39, 0.29) is 0 Å². The molecule has 0 radical (unpaired) electrons. The van der Waals surface area contributed by atoms with Crippen molar-refractivity contribution in [3.8, 4) is 0 Å². The van der Waals surface area contributed by atoms with Crippen LogP contribution in [0.3, 0.4) is 0 Å². The zero-order chi connectivity index (χ0) is 10.2. The van der Waals surface area contributed by atoms with Gasteiger partial charge in [0.2, 0.25) is 0 Å². The Morgan fingerprint density at radius 3 is 2.23 bits per heavy atom. The summed E-state index contributed by atoms with van der Waals surface area (Å²) < 4.78 is 0. The molecule has 0 saturated carbocycles. The minimum Gasteiger partial charge on any atom is -0.398 e.